The molecule has 12 heteroatoms. The van der Waals surface area contributed by atoms with E-state index >= 15 is 0 Å². The van der Waals surface area contributed by atoms with Crippen molar-refractivity contribution in [1.29, 1.82) is 0 Å². The summed E-state index contributed by atoms with van der Waals surface area (Å²) in [6, 6.07) is 3.55. The Morgan fingerprint density at radius 3 is 2.91 bits per heavy atom. The van der Waals surface area contributed by atoms with E-state index in [1.165, 1.54) is 0 Å². The maximum atomic E-state index is 15.0. The monoisotopic (exact) mass is 473 g/mol. The van der Waals surface area contributed by atoms with Crippen molar-refractivity contribution in [1.82, 2.24) is 29.9 Å². The van der Waals surface area contributed by atoms with E-state index in [2.05, 4.69) is 25.8 Å². The van der Waals surface area contributed by atoms with Crippen LogP contribution in [0.5, 0.6) is 0 Å². The Labute approximate surface area is 195 Å². The summed E-state index contributed by atoms with van der Waals surface area (Å²) in [4.78, 5) is 21.2. The number of alkyl carbamates (subject to hydrolysis) is 1. The molecule has 1 aliphatic carbocycles. The molecule has 1 amide bonds. The fourth-order valence-corrected chi connectivity index (χ4v) is 3.96. The third kappa shape index (κ3) is 4.68. The first-order valence-electron chi connectivity index (χ1n) is 11.3. The number of nitrogens with zero attached hydrogens (tertiary/aromatic N) is 4. The zero-order valence-corrected chi connectivity index (χ0v) is 19.2. The second kappa shape index (κ2) is 9.18. The maximum Gasteiger partial charge on any atom is 0.407 e. The van der Waals surface area contributed by atoms with Gasteiger partial charge in [-0.15, -0.1) is 0 Å². The van der Waals surface area contributed by atoms with Crippen LogP contribution >= 0.6 is 0 Å². The van der Waals surface area contributed by atoms with Crippen molar-refractivity contribution in [2.45, 2.75) is 63.6 Å². The predicted molar refractivity (Wildman–Crippen MR) is 120 cm³/mol. The summed E-state index contributed by atoms with van der Waals surface area (Å²) >= 11 is 0. The van der Waals surface area contributed by atoms with E-state index < -0.39 is 24.5 Å². The summed E-state index contributed by atoms with van der Waals surface area (Å²) in [6.45, 7) is 3.95. The molecule has 0 unspecified atom stereocenters. The van der Waals surface area contributed by atoms with Gasteiger partial charge in [0.25, 0.3) is 0 Å². The molecule has 1 saturated heterocycles. The second-order valence-electron chi connectivity index (χ2n) is 8.95. The number of H-pyrrole nitrogens is 1. The number of carbonyl (C=O) groups excluding carboxylic acids is 1. The van der Waals surface area contributed by atoms with Crippen LogP contribution in [0.4, 0.5) is 21.0 Å². The molecule has 182 valence electrons. The minimum atomic E-state index is -1.53. The number of anilines is 2. The van der Waals surface area contributed by atoms with Gasteiger partial charge in [-0.3, -0.25) is 9.50 Å². The summed E-state index contributed by atoms with van der Waals surface area (Å²) in [7, 11) is 1.62. The number of hydrogen-bond donors (Lipinski definition) is 3. The number of aromatic amines is 1. The fraction of sp³-hybridized carbons (Fsp3) is 0.545. The van der Waals surface area contributed by atoms with E-state index in [9.17, 15) is 9.18 Å². The van der Waals surface area contributed by atoms with Gasteiger partial charge in [0.1, 0.15) is 11.8 Å². The number of alkyl halides is 1. The van der Waals surface area contributed by atoms with Crippen LogP contribution in [0.2, 0.25) is 0 Å². The van der Waals surface area contributed by atoms with E-state index in [0.717, 1.165) is 29.9 Å². The summed E-state index contributed by atoms with van der Waals surface area (Å²) in [5, 5.41) is 12.9. The van der Waals surface area contributed by atoms with E-state index in [1.54, 1.807) is 27.0 Å². The molecule has 1 saturated carbocycles. The lowest BCUT2D eigenvalue weighted by Crippen LogP contribution is -2.36. The Hall–Kier alpha value is -3.25. The van der Waals surface area contributed by atoms with Gasteiger partial charge in [0.2, 0.25) is 5.95 Å². The number of fused-ring (bicyclic) bond motifs is 1. The van der Waals surface area contributed by atoms with Crippen LogP contribution in [0, 0.1) is 0 Å². The van der Waals surface area contributed by atoms with Crippen molar-refractivity contribution >= 4 is 23.5 Å². The van der Waals surface area contributed by atoms with Gasteiger partial charge >= 0.3 is 6.09 Å². The molecule has 3 N–H and O–H groups in total. The SMILES string of the molecule is COCc1cn2c(Nc3cc([C@H]4OC[C@@H](OC(=O)NC(C)C)[C@H]4F)[nH]n3)nc(C3CC3)cc2n1. The third-order valence-electron chi connectivity index (χ3n) is 5.70. The lowest BCUT2D eigenvalue weighted by molar-refractivity contribution is 0.0615. The Morgan fingerprint density at radius 2 is 2.18 bits per heavy atom. The second-order valence-corrected chi connectivity index (χ2v) is 8.95. The van der Waals surface area contributed by atoms with Gasteiger partial charge in [-0.05, 0) is 26.7 Å². The van der Waals surface area contributed by atoms with Gasteiger partial charge in [0.05, 0.1) is 30.3 Å². The van der Waals surface area contributed by atoms with Crippen LogP contribution in [0.3, 0.4) is 0 Å². The quantitative estimate of drug-likeness (QED) is 0.455. The van der Waals surface area contributed by atoms with Crippen LogP contribution in [0.15, 0.2) is 18.3 Å². The number of halogens is 1. The molecule has 0 aromatic carbocycles. The number of carbonyl (C=O) groups is 1. The van der Waals surface area contributed by atoms with Gasteiger partial charge < -0.3 is 24.8 Å². The molecule has 3 aromatic heterocycles. The van der Waals surface area contributed by atoms with Gasteiger partial charge in [-0.1, -0.05) is 0 Å². The highest BCUT2D eigenvalue weighted by molar-refractivity contribution is 5.67. The smallest absolute Gasteiger partial charge is 0.407 e. The molecule has 0 bridgehead atoms. The van der Waals surface area contributed by atoms with Crippen molar-refractivity contribution in [2.24, 2.45) is 0 Å². The zero-order chi connectivity index (χ0) is 23.8. The van der Waals surface area contributed by atoms with Crippen LogP contribution in [0.25, 0.3) is 5.65 Å². The number of aromatic nitrogens is 5. The Bertz CT molecular complexity index is 1180. The molecule has 3 aromatic rings. The molecular weight excluding hydrogens is 445 g/mol. The average molecular weight is 474 g/mol. The molecule has 2 fully saturated rings. The minimum Gasteiger partial charge on any atom is -0.441 e. The van der Waals surface area contributed by atoms with Gasteiger partial charge in [0, 0.05) is 37.4 Å². The summed E-state index contributed by atoms with van der Waals surface area (Å²) in [6.07, 6.45) is -0.0403. The molecule has 0 radical (unpaired) electrons. The number of hydrogen-bond acceptors (Lipinski definition) is 8. The normalized spacial score (nSPS) is 22.4. The first-order valence-corrected chi connectivity index (χ1v) is 11.3. The molecule has 34 heavy (non-hydrogen) atoms. The Balaban J connectivity index is 1.32. The van der Waals surface area contributed by atoms with E-state index in [-0.39, 0.29) is 12.6 Å². The number of imidazole rings is 1. The maximum absolute atomic E-state index is 15.0. The van der Waals surface area contributed by atoms with Crippen LogP contribution in [-0.4, -0.2) is 62.7 Å². The lowest BCUT2D eigenvalue weighted by atomic mass is 10.1. The van der Waals surface area contributed by atoms with Gasteiger partial charge in [0.15, 0.2) is 18.1 Å². The van der Waals surface area contributed by atoms with Crippen molar-refractivity contribution in [3.05, 3.63) is 35.4 Å². The molecule has 4 heterocycles. The summed E-state index contributed by atoms with van der Waals surface area (Å²) in [5.74, 6) is 1.45. The highest BCUT2D eigenvalue weighted by atomic mass is 19.1. The Morgan fingerprint density at radius 1 is 1.35 bits per heavy atom. The minimum absolute atomic E-state index is 0.0396. The van der Waals surface area contributed by atoms with Crippen molar-refractivity contribution in [3.8, 4) is 0 Å². The van der Waals surface area contributed by atoms with Gasteiger partial charge in [-0.25, -0.2) is 19.2 Å². The van der Waals surface area contributed by atoms with Crippen LogP contribution in [-0.2, 0) is 20.8 Å². The standard InChI is InChI=1S/C22H28FN7O4/c1-11(2)24-22(31)34-16-10-33-20(19(16)23)15-6-17(29-28-15)27-21-26-14(12-4-5-12)7-18-25-13(9-32-3)8-30(18)21/h6-8,11-12,16,19-20H,4-5,9-10H2,1-3H3,(H,24,31)(H2,26,27,28,29)/t16-,19-,20-/m1/s1. The Kier molecular flexibility index (Phi) is 6.09. The zero-order valence-electron chi connectivity index (χ0n) is 19.2. The first-order chi connectivity index (χ1) is 16.4. The number of methoxy groups -OCH3 is 1. The summed E-state index contributed by atoms with van der Waals surface area (Å²) < 4.78 is 32.8. The van der Waals surface area contributed by atoms with Crippen LogP contribution < -0.4 is 10.6 Å². The molecule has 2 aliphatic rings. The molecule has 5 rings (SSSR count). The topological polar surface area (TPSA) is 128 Å². The third-order valence-corrected chi connectivity index (χ3v) is 5.70. The van der Waals surface area contributed by atoms with Crippen molar-refractivity contribution in [2.75, 3.05) is 19.0 Å². The average Bonchev–Trinajstić information content (AvgIpc) is 3.24. The van der Waals surface area contributed by atoms with Crippen LogP contribution in [0.1, 0.15) is 55.8 Å². The molecule has 1 aliphatic heterocycles. The first kappa shape index (κ1) is 22.5. The molecule has 3 atom stereocenters. The van der Waals surface area contributed by atoms with E-state index in [1.807, 2.05) is 16.7 Å². The molecule has 11 nitrogen and oxygen atoms in total. The number of amides is 1. The highest BCUT2D eigenvalue weighted by Crippen LogP contribution is 2.40. The highest BCUT2D eigenvalue weighted by Gasteiger charge is 2.42. The van der Waals surface area contributed by atoms with Crippen molar-refractivity contribution < 1.29 is 23.4 Å². The largest absolute Gasteiger partial charge is 0.441 e. The number of ether oxygens (including phenoxy) is 3. The number of nitrogens with one attached hydrogen (secondary N) is 3. The fourth-order valence-electron chi connectivity index (χ4n) is 3.96. The van der Waals surface area contributed by atoms with E-state index in [0.29, 0.717) is 30.0 Å². The predicted octanol–water partition coefficient (Wildman–Crippen LogP) is 3.13. The molecular formula is C22H28FN7O4. The molecule has 0 spiro atoms. The van der Waals surface area contributed by atoms with E-state index in [4.69, 9.17) is 19.2 Å². The summed E-state index contributed by atoms with van der Waals surface area (Å²) in [5.41, 5.74) is 2.97. The van der Waals surface area contributed by atoms with Gasteiger partial charge in [-0.2, -0.15) is 5.10 Å². The lowest BCUT2D eigenvalue weighted by Gasteiger charge is -2.16. The van der Waals surface area contributed by atoms with Crippen molar-refractivity contribution in [3.63, 3.8) is 0 Å². The number of rotatable bonds is 8.